The molecule has 20 heavy (non-hydrogen) atoms. The first kappa shape index (κ1) is 14.5. The minimum Gasteiger partial charge on any atom is -0.436 e. The molecule has 0 fully saturated rings. The Morgan fingerprint density at radius 1 is 1.35 bits per heavy atom. The molecule has 2 heterocycles. The van der Waals surface area contributed by atoms with Crippen molar-refractivity contribution in [2.45, 2.75) is 46.3 Å². The molecule has 0 unspecified atom stereocenters. The summed E-state index contributed by atoms with van der Waals surface area (Å²) in [5.41, 5.74) is 0.970. The standard InChI is InChI=1S/C15H22N4O/c1-4-8-19-11-14(10-17-19)20-15-7-5-6-13(18-15)9-16-12(2)3/h5-7,10-12,16H,4,8-9H2,1-3H3. The maximum Gasteiger partial charge on any atom is 0.219 e. The molecule has 1 N–H and O–H groups in total. The van der Waals surface area contributed by atoms with Crippen molar-refractivity contribution in [1.82, 2.24) is 20.1 Å². The van der Waals surface area contributed by atoms with E-state index >= 15 is 0 Å². The Bertz CT molecular complexity index is 536. The molecule has 0 aliphatic heterocycles. The molecule has 0 bridgehead atoms. The molecular formula is C15H22N4O. The molecule has 2 aromatic rings. The number of nitrogens with zero attached hydrogens (tertiary/aromatic N) is 3. The van der Waals surface area contributed by atoms with Gasteiger partial charge in [-0.3, -0.25) is 4.68 Å². The molecule has 0 spiro atoms. The molecule has 0 radical (unpaired) electrons. The lowest BCUT2D eigenvalue weighted by Gasteiger charge is -2.08. The first-order chi connectivity index (χ1) is 9.67. The number of nitrogens with one attached hydrogen (secondary N) is 1. The van der Waals surface area contributed by atoms with Crippen molar-refractivity contribution in [3.05, 3.63) is 36.3 Å². The third-order valence-corrected chi connectivity index (χ3v) is 2.76. The molecule has 0 saturated heterocycles. The summed E-state index contributed by atoms with van der Waals surface area (Å²) in [6.07, 6.45) is 4.66. The van der Waals surface area contributed by atoms with Gasteiger partial charge in [-0.15, -0.1) is 0 Å². The number of hydrogen-bond acceptors (Lipinski definition) is 4. The van der Waals surface area contributed by atoms with Crippen LogP contribution in [0.3, 0.4) is 0 Å². The summed E-state index contributed by atoms with van der Waals surface area (Å²) in [6.45, 7) is 7.99. The summed E-state index contributed by atoms with van der Waals surface area (Å²) in [5, 5.41) is 7.57. The second-order valence-electron chi connectivity index (χ2n) is 5.04. The highest BCUT2D eigenvalue weighted by atomic mass is 16.5. The Balaban J connectivity index is 1.99. The predicted molar refractivity (Wildman–Crippen MR) is 78.8 cm³/mol. The van der Waals surface area contributed by atoms with Crippen molar-refractivity contribution < 1.29 is 4.74 Å². The number of aryl methyl sites for hydroxylation is 1. The van der Waals surface area contributed by atoms with Gasteiger partial charge < -0.3 is 10.1 Å². The van der Waals surface area contributed by atoms with Crippen LogP contribution in [-0.4, -0.2) is 20.8 Å². The maximum absolute atomic E-state index is 5.73. The third kappa shape index (κ3) is 4.35. The minimum absolute atomic E-state index is 0.439. The molecule has 5 heteroatoms. The zero-order valence-electron chi connectivity index (χ0n) is 12.3. The Morgan fingerprint density at radius 2 is 2.20 bits per heavy atom. The fourth-order valence-electron chi connectivity index (χ4n) is 1.79. The van der Waals surface area contributed by atoms with Crippen molar-refractivity contribution in [1.29, 1.82) is 0 Å². The van der Waals surface area contributed by atoms with E-state index in [-0.39, 0.29) is 0 Å². The lowest BCUT2D eigenvalue weighted by molar-refractivity contribution is 0.457. The van der Waals surface area contributed by atoms with Crippen LogP contribution < -0.4 is 10.1 Å². The van der Waals surface area contributed by atoms with Crippen LogP contribution in [-0.2, 0) is 13.1 Å². The van der Waals surface area contributed by atoms with Gasteiger partial charge in [-0.05, 0) is 12.5 Å². The summed E-state index contributed by atoms with van der Waals surface area (Å²) < 4.78 is 7.61. The van der Waals surface area contributed by atoms with Gasteiger partial charge in [0.05, 0.1) is 18.1 Å². The van der Waals surface area contributed by atoms with Crippen LogP contribution in [0.25, 0.3) is 0 Å². The van der Waals surface area contributed by atoms with Crippen LogP contribution in [0.2, 0.25) is 0 Å². The van der Waals surface area contributed by atoms with Crippen LogP contribution in [0.1, 0.15) is 32.9 Å². The van der Waals surface area contributed by atoms with Crippen LogP contribution >= 0.6 is 0 Å². The van der Waals surface area contributed by atoms with Gasteiger partial charge >= 0.3 is 0 Å². The third-order valence-electron chi connectivity index (χ3n) is 2.76. The highest BCUT2D eigenvalue weighted by molar-refractivity contribution is 5.23. The van der Waals surface area contributed by atoms with Gasteiger partial charge in [0.15, 0.2) is 5.75 Å². The Labute approximate surface area is 120 Å². The molecule has 2 rings (SSSR count). The molecule has 2 aromatic heterocycles. The number of hydrogen-bond donors (Lipinski definition) is 1. The first-order valence-electron chi connectivity index (χ1n) is 7.07. The SMILES string of the molecule is CCCn1cc(Oc2cccc(CNC(C)C)n2)cn1. The number of pyridine rings is 1. The van der Waals surface area contributed by atoms with E-state index in [1.165, 1.54) is 0 Å². The van der Waals surface area contributed by atoms with Gasteiger partial charge in [0.2, 0.25) is 5.88 Å². The van der Waals surface area contributed by atoms with E-state index in [0.29, 0.717) is 11.9 Å². The molecule has 108 valence electrons. The van der Waals surface area contributed by atoms with Gasteiger partial charge in [-0.1, -0.05) is 26.8 Å². The fourth-order valence-corrected chi connectivity index (χ4v) is 1.79. The molecule has 0 aromatic carbocycles. The van der Waals surface area contributed by atoms with Crippen molar-refractivity contribution in [3.8, 4) is 11.6 Å². The lowest BCUT2D eigenvalue weighted by Crippen LogP contribution is -2.22. The van der Waals surface area contributed by atoms with Crippen molar-refractivity contribution >= 4 is 0 Å². The Kier molecular flexibility index (Phi) is 5.12. The molecule has 0 amide bonds. The van der Waals surface area contributed by atoms with Gasteiger partial charge in [0, 0.05) is 25.2 Å². The molecular weight excluding hydrogens is 252 g/mol. The van der Waals surface area contributed by atoms with Crippen LogP contribution in [0.15, 0.2) is 30.6 Å². The van der Waals surface area contributed by atoms with E-state index in [2.05, 4.69) is 36.2 Å². The summed E-state index contributed by atoms with van der Waals surface area (Å²) in [7, 11) is 0. The van der Waals surface area contributed by atoms with Crippen molar-refractivity contribution in [3.63, 3.8) is 0 Å². The molecule has 5 nitrogen and oxygen atoms in total. The maximum atomic E-state index is 5.73. The van der Waals surface area contributed by atoms with E-state index < -0.39 is 0 Å². The highest BCUT2D eigenvalue weighted by Gasteiger charge is 2.04. The van der Waals surface area contributed by atoms with Crippen LogP contribution in [0.5, 0.6) is 11.6 Å². The summed E-state index contributed by atoms with van der Waals surface area (Å²) in [6, 6.07) is 6.24. The van der Waals surface area contributed by atoms with E-state index in [9.17, 15) is 0 Å². The predicted octanol–water partition coefficient (Wildman–Crippen LogP) is 2.98. The largest absolute Gasteiger partial charge is 0.436 e. The fraction of sp³-hybridized carbons (Fsp3) is 0.467. The summed E-state index contributed by atoms with van der Waals surface area (Å²) >= 11 is 0. The van der Waals surface area contributed by atoms with Gasteiger partial charge in [-0.25, -0.2) is 4.98 Å². The van der Waals surface area contributed by atoms with Crippen LogP contribution in [0, 0.1) is 0 Å². The molecule has 0 saturated carbocycles. The van der Waals surface area contributed by atoms with Gasteiger partial charge in [-0.2, -0.15) is 5.10 Å². The molecule has 0 aliphatic rings. The lowest BCUT2D eigenvalue weighted by atomic mass is 10.3. The Hall–Kier alpha value is -1.88. The van der Waals surface area contributed by atoms with E-state index in [1.807, 2.05) is 29.1 Å². The Morgan fingerprint density at radius 3 is 2.95 bits per heavy atom. The van der Waals surface area contributed by atoms with Gasteiger partial charge in [0.25, 0.3) is 0 Å². The number of rotatable bonds is 7. The van der Waals surface area contributed by atoms with Gasteiger partial charge in [0.1, 0.15) is 0 Å². The minimum atomic E-state index is 0.439. The molecule has 0 aliphatic carbocycles. The van der Waals surface area contributed by atoms with E-state index in [1.54, 1.807) is 6.20 Å². The smallest absolute Gasteiger partial charge is 0.219 e. The normalized spacial score (nSPS) is 11.0. The monoisotopic (exact) mass is 274 g/mol. The second kappa shape index (κ2) is 7.05. The average molecular weight is 274 g/mol. The highest BCUT2D eigenvalue weighted by Crippen LogP contribution is 2.18. The van der Waals surface area contributed by atoms with Crippen molar-refractivity contribution in [2.75, 3.05) is 0 Å². The van der Waals surface area contributed by atoms with E-state index in [4.69, 9.17) is 4.74 Å². The topological polar surface area (TPSA) is 52.0 Å². The zero-order chi connectivity index (χ0) is 14.4. The zero-order valence-corrected chi connectivity index (χ0v) is 12.3. The molecule has 0 atom stereocenters. The van der Waals surface area contributed by atoms with E-state index in [0.717, 1.165) is 31.0 Å². The second-order valence-corrected chi connectivity index (χ2v) is 5.04. The summed E-state index contributed by atoms with van der Waals surface area (Å²) in [4.78, 5) is 4.47. The number of ether oxygens (including phenoxy) is 1. The van der Waals surface area contributed by atoms with Crippen LogP contribution in [0.4, 0.5) is 0 Å². The average Bonchev–Trinajstić information content (AvgIpc) is 2.85. The quantitative estimate of drug-likeness (QED) is 0.843. The summed E-state index contributed by atoms with van der Waals surface area (Å²) in [5.74, 6) is 1.32. The first-order valence-corrected chi connectivity index (χ1v) is 7.07. The van der Waals surface area contributed by atoms with Crippen molar-refractivity contribution in [2.24, 2.45) is 0 Å². The number of aromatic nitrogens is 3.